The normalized spacial score (nSPS) is 29.1. The van der Waals surface area contributed by atoms with Crippen LogP contribution in [0.2, 0.25) is 5.02 Å². The predicted octanol–water partition coefficient (Wildman–Crippen LogP) is 5.18. The highest BCUT2D eigenvalue weighted by atomic mass is 127. The summed E-state index contributed by atoms with van der Waals surface area (Å²) in [5.41, 5.74) is 1.22. The summed E-state index contributed by atoms with van der Waals surface area (Å²) in [6.45, 7) is 4.72. The van der Waals surface area contributed by atoms with Gasteiger partial charge in [-0.05, 0) is 71.9 Å². The zero-order valence-corrected chi connectivity index (χ0v) is 13.3. The van der Waals surface area contributed by atoms with Crippen molar-refractivity contribution in [2.24, 2.45) is 11.8 Å². The van der Waals surface area contributed by atoms with E-state index in [0.29, 0.717) is 6.04 Å². The van der Waals surface area contributed by atoms with Crippen molar-refractivity contribution in [3.05, 3.63) is 26.8 Å². The van der Waals surface area contributed by atoms with Crippen LogP contribution in [0.15, 0.2) is 18.2 Å². The van der Waals surface area contributed by atoms with Gasteiger partial charge in [0.05, 0.1) is 0 Å². The minimum atomic E-state index is 0.612. The van der Waals surface area contributed by atoms with Gasteiger partial charge in [0.25, 0.3) is 0 Å². The van der Waals surface area contributed by atoms with Gasteiger partial charge in [0.15, 0.2) is 0 Å². The molecule has 94 valence electrons. The molecule has 0 aliphatic heterocycles. The molecule has 1 aliphatic rings. The lowest BCUT2D eigenvalue weighted by molar-refractivity contribution is 0.276. The summed E-state index contributed by atoms with van der Waals surface area (Å²) in [6.07, 6.45) is 3.95. The molecular formula is C14H19ClIN. The number of hydrogen-bond donors (Lipinski definition) is 1. The lowest BCUT2D eigenvalue weighted by Crippen LogP contribution is -2.33. The summed E-state index contributed by atoms with van der Waals surface area (Å²) >= 11 is 8.32. The summed E-state index contributed by atoms with van der Waals surface area (Å²) in [5.74, 6) is 1.64. The zero-order valence-electron chi connectivity index (χ0n) is 10.3. The van der Waals surface area contributed by atoms with Crippen molar-refractivity contribution < 1.29 is 0 Å². The summed E-state index contributed by atoms with van der Waals surface area (Å²) in [4.78, 5) is 0. The summed E-state index contributed by atoms with van der Waals surface area (Å²) in [6, 6.07) is 6.68. The van der Waals surface area contributed by atoms with E-state index in [1.165, 1.54) is 28.5 Å². The van der Waals surface area contributed by atoms with Gasteiger partial charge in [-0.25, -0.2) is 0 Å². The fraction of sp³-hybridized carbons (Fsp3) is 0.571. The molecule has 1 saturated carbocycles. The first-order chi connectivity index (χ1) is 8.06. The first-order valence-electron chi connectivity index (χ1n) is 6.28. The number of halogens is 2. The van der Waals surface area contributed by atoms with Crippen LogP contribution in [0, 0.1) is 15.4 Å². The molecule has 0 amide bonds. The number of benzene rings is 1. The van der Waals surface area contributed by atoms with E-state index in [0.717, 1.165) is 16.9 Å². The van der Waals surface area contributed by atoms with Crippen LogP contribution in [0.1, 0.15) is 33.1 Å². The van der Waals surface area contributed by atoms with Crippen LogP contribution in [-0.2, 0) is 0 Å². The Kier molecular flexibility index (Phi) is 4.59. The molecule has 1 aromatic rings. The lowest BCUT2D eigenvalue weighted by Gasteiger charge is -2.34. The Morgan fingerprint density at radius 1 is 1.29 bits per heavy atom. The van der Waals surface area contributed by atoms with Gasteiger partial charge in [-0.15, -0.1) is 0 Å². The van der Waals surface area contributed by atoms with Crippen molar-refractivity contribution in [1.82, 2.24) is 0 Å². The number of hydrogen-bond acceptors (Lipinski definition) is 1. The molecule has 3 heteroatoms. The van der Waals surface area contributed by atoms with Gasteiger partial charge < -0.3 is 5.32 Å². The van der Waals surface area contributed by atoms with E-state index in [4.69, 9.17) is 11.6 Å². The summed E-state index contributed by atoms with van der Waals surface area (Å²) in [7, 11) is 0. The van der Waals surface area contributed by atoms with Crippen molar-refractivity contribution in [3.63, 3.8) is 0 Å². The van der Waals surface area contributed by atoms with E-state index in [-0.39, 0.29) is 0 Å². The molecule has 2 rings (SSSR count). The quantitative estimate of drug-likeness (QED) is 0.714. The fourth-order valence-corrected chi connectivity index (χ4v) is 3.71. The third-order valence-corrected chi connectivity index (χ3v) is 4.83. The Morgan fingerprint density at radius 2 is 2.06 bits per heavy atom. The molecule has 1 fully saturated rings. The molecule has 3 unspecified atom stereocenters. The van der Waals surface area contributed by atoms with Crippen LogP contribution in [0.4, 0.5) is 5.69 Å². The molecule has 1 aromatic carbocycles. The molecule has 0 bridgehead atoms. The molecule has 0 saturated heterocycles. The third kappa shape index (κ3) is 3.50. The van der Waals surface area contributed by atoms with E-state index < -0.39 is 0 Å². The highest BCUT2D eigenvalue weighted by molar-refractivity contribution is 14.1. The number of anilines is 1. The van der Waals surface area contributed by atoms with Gasteiger partial charge in [0, 0.05) is 20.3 Å². The Morgan fingerprint density at radius 3 is 2.71 bits per heavy atom. The minimum absolute atomic E-state index is 0.612. The number of rotatable bonds is 2. The fourth-order valence-electron chi connectivity index (χ4n) is 2.69. The van der Waals surface area contributed by atoms with Crippen molar-refractivity contribution in [1.29, 1.82) is 0 Å². The maximum absolute atomic E-state index is 5.97. The van der Waals surface area contributed by atoms with Gasteiger partial charge in [0.1, 0.15) is 0 Å². The van der Waals surface area contributed by atoms with Crippen molar-refractivity contribution in [2.45, 2.75) is 39.2 Å². The summed E-state index contributed by atoms with van der Waals surface area (Å²) < 4.78 is 1.21. The van der Waals surface area contributed by atoms with Crippen LogP contribution in [0.25, 0.3) is 0 Å². The molecule has 0 heterocycles. The molecule has 1 nitrogen and oxygen atoms in total. The molecule has 3 atom stereocenters. The smallest absolute Gasteiger partial charge is 0.0479 e. The highest BCUT2D eigenvalue weighted by Crippen LogP contribution is 2.32. The molecular weight excluding hydrogens is 345 g/mol. The molecule has 0 spiro atoms. The predicted molar refractivity (Wildman–Crippen MR) is 83.8 cm³/mol. The van der Waals surface area contributed by atoms with E-state index in [9.17, 15) is 0 Å². The molecule has 1 aliphatic carbocycles. The van der Waals surface area contributed by atoms with Crippen LogP contribution < -0.4 is 5.32 Å². The average molecular weight is 364 g/mol. The first-order valence-corrected chi connectivity index (χ1v) is 7.73. The Bertz CT molecular complexity index is 394. The minimum Gasteiger partial charge on any atom is -0.381 e. The Labute approximate surface area is 122 Å². The van der Waals surface area contributed by atoms with E-state index >= 15 is 0 Å². The SMILES string of the molecule is CC1CCC(Nc2ccc(Cl)cc2I)C(C)C1. The molecule has 1 N–H and O–H groups in total. The van der Waals surface area contributed by atoms with Gasteiger partial charge >= 0.3 is 0 Å². The first kappa shape index (κ1) is 13.5. The van der Waals surface area contributed by atoms with Crippen molar-refractivity contribution in [2.75, 3.05) is 5.32 Å². The highest BCUT2D eigenvalue weighted by Gasteiger charge is 2.25. The van der Waals surface area contributed by atoms with E-state index in [1.807, 2.05) is 12.1 Å². The van der Waals surface area contributed by atoms with E-state index in [2.05, 4.69) is 47.8 Å². The maximum Gasteiger partial charge on any atom is 0.0479 e. The Balaban J connectivity index is 2.05. The number of nitrogens with one attached hydrogen (secondary N) is 1. The third-order valence-electron chi connectivity index (χ3n) is 3.70. The molecule has 0 aromatic heterocycles. The summed E-state index contributed by atoms with van der Waals surface area (Å²) in [5, 5.41) is 4.49. The molecule has 0 radical (unpaired) electrons. The van der Waals surface area contributed by atoms with Crippen LogP contribution in [-0.4, -0.2) is 6.04 Å². The van der Waals surface area contributed by atoms with Gasteiger partial charge in [-0.2, -0.15) is 0 Å². The van der Waals surface area contributed by atoms with Crippen LogP contribution >= 0.6 is 34.2 Å². The maximum atomic E-state index is 5.97. The van der Waals surface area contributed by atoms with Crippen LogP contribution in [0.5, 0.6) is 0 Å². The Hall–Kier alpha value is 0.0400. The second kappa shape index (κ2) is 5.79. The topological polar surface area (TPSA) is 12.0 Å². The second-order valence-electron chi connectivity index (χ2n) is 5.27. The van der Waals surface area contributed by atoms with Crippen molar-refractivity contribution in [3.8, 4) is 0 Å². The molecule has 17 heavy (non-hydrogen) atoms. The second-order valence-corrected chi connectivity index (χ2v) is 6.87. The average Bonchev–Trinajstić information content (AvgIpc) is 2.25. The van der Waals surface area contributed by atoms with E-state index in [1.54, 1.807) is 0 Å². The zero-order chi connectivity index (χ0) is 12.4. The monoisotopic (exact) mass is 363 g/mol. The van der Waals surface area contributed by atoms with Crippen LogP contribution in [0.3, 0.4) is 0 Å². The largest absolute Gasteiger partial charge is 0.381 e. The van der Waals surface area contributed by atoms with Crippen molar-refractivity contribution >= 4 is 39.9 Å². The standard InChI is InChI=1S/C14H19ClIN/c1-9-3-5-13(10(2)7-9)17-14-6-4-11(15)8-12(14)16/h4,6,8-10,13,17H,3,5,7H2,1-2H3. The van der Waals surface area contributed by atoms with Gasteiger partial charge in [-0.3, -0.25) is 0 Å². The lowest BCUT2D eigenvalue weighted by atomic mass is 9.80. The van der Waals surface area contributed by atoms with Gasteiger partial charge in [0.2, 0.25) is 0 Å². The van der Waals surface area contributed by atoms with Gasteiger partial charge in [-0.1, -0.05) is 25.4 Å².